The first-order chi connectivity index (χ1) is 8.21. The predicted molar refractivity (Wildman–Crippen MR) is 72.0 cm³/mol. The van der Waals surface area contributed by atoms with Crippen LogP contribution >= 0.6 is 27.5 Å². The number of hydrogen-bond acceptors (Lipinski definition) is 3. The van der Waals surface area contributed by atoms with Gasteiger partial charge in [0, 0.05) is 9.50 Å². The molecule has 18 heavy (non-hydrogen) atoms. The minimum atomic E-state index is -3.72. The summed E-state index contributed by atoms with van der Waals surface area (Å²) >= 11 is 8.94. The van der Waals surface area contributed by atoms with Crippen molar-refractivity contribution in [1.82, 2.24) is 4.72 Å². The standard InChI is InChI=1S/C10H11BrClNO4S/c1-6(10(14)15)13-18(16,17)5-7-2-3-8(12)4-9(7)11/h2-4,6,13H,5H2,1H3,(H,14,15)/t6-/m1/s1. The summed E-state index contributed by atoms with van der Waals surface area (Å²) in [5.41, 5.74) is 0.504. The topological polar surface area (TPSA) is 83.5 Å². The average Bonchev–Trinajstić information content (AvgIpc) is 2.21. The second-order valence-corrected chi connectivity index (χ2v) is 6.72. The maximum absolute atomic E-state index is 11.7. The van der Waals surface area contributed by atoms with E-state index < -0.39 is 22.0 Å². The Morgan fingerprint density at radius 2 is 2.17 bits per heavy atom. The highest BCUT2D eigenvalue weighted by molar-refractivity contribution is 9.10. The number of carboxylic acids is 1. The molecule has 1 aromatic rings. The van der Waals surface area contributed by atoms with Crippen molar-refractivity contribution in [2.24, 2.45) is 0 Å². The lowest BCUT2D eigenvalue weighted by Crippen LogP contribution is -2.38. The minimum Gasteiger partial charge on any atom is -0.480 e. The average molecular weight is 357 g/mol. The quantitative estimate of drug-likeness (QED) is 0.845. The Hall–Kier alpha value is -0.630. The van der Waals surface area contributed by atoms with Crippen LogP contribution < -0.4 is 4.72 Å². The molecule has 0 saturated heterocycles. The molecule has 2 N–H and O–H groups in total. The van der Waals surface area contributed by atoms with Gasteiger partial charge in [-0.3, -0.25) is 4.79 Å². The second-order valence-electron chi connectivity index (χ2n) is 3.67. The molecule has 0 aliphatic heterocycles. The van der Waals surface area contributed by atoms with Crippen LogP contribution in [0.4, 0.5) is 0 Å². The Labute approximate surface area is 118 Å². The lowest BCUT2D eigenvalue weighted by molar-refractivity contribution is -0.138. The Morgan fingerprint density at radius 3 is 2.67 bits per heavy atom. The minimum absolute atomic E-state index is 0.317. The molecule has 0 bridgehead atoms. The van der Waals surface area contributed by atoms with Crippen molar-refractivity contribution in [2.75, 3.05) is 0 Å². The molecule has 0 unspecified atom stereocenters. The summed E-state index contributed by atoms with van der Waals surface area (Å²) in [6.07, 6.45) is 0. The van der Waals surface area contributed by atoms with Crippen molar-refractivity contribution in [3.05, 3.63) is 33.3 Å². The molecule has 0 saturated carbocycles. The molecule has 0 aliphatic rings. The highest BCUT2D eigenvalue weighted by Crippen LogP contribution is 2.23. The van der Waals surface area contributed by atoms with E-state index in [0.29, 0.717) is 15.1 Å². The molecule has 0 amide bonds. The van der Waals surface area contributed by atoms with Crippen LogP contribution in [0, 0.1) is 0 Å². The Bertz CT molecular complexity index is 561. The summed E-state index contributed by atoms with van der Waals surface area (Å²) in [6, 6.07) is 3.54. The first-order valence-corrected chi connectivity index (χ1v) is 7.70. The number of halogens is 2. The van der Waals surface area contributed by atoms with Crippen LogP contribution in [0.15, 0.2) is 22.7 Å². The molecule has 0 fully saturated rings. The van der Waals surface area contributed by atoms with Gasteiger partial charge in [-0.05, 0) is 24.6 Å². The Balaban J connectivity index is 2.86. The summed E-state index contributed by atoms with van der Waals surface area (Å²) in [6.45, 7) is 1.26. The number of sulfonamides is 1. The van der Waals surface area contributed by atoms with Crippen LogP contribution in [0.1, 0.15) is 12.5 Å². The molecular formula is C10H11BrClNO4S. The van der Waals surface area contributed by atoms with Crippen molar-refractivity contribution in [3.63, 3.8) is 0 Å². The largest absolute Gasteiger partial charge is 0.480 e. The molecule has 0 aliphatic carbocycles. The molecule has 0 heterocycles. The number of benzene rings is 1. The van der Waals surface area contributed by atoms with Gasteiger partial charge in [0.25, 0.3) is 0 Å². The van der Waals surface area contributed by atoms with Gasteiger partial charge in [0.1, 0.15) is 6.04 Å². The van der Waals surface area contributed by atoms with Crippen LogP contribution in [-0.4, -0.2) is 25.5 Å². The van der Waals surface area contributed by atoms with E-state index in [1.54, 1.807) is 18.2 Å². The van der Waals surface area contributed by atoms with Gasteiger partial charge in [-0.2, -0.15) is 0 Å². The van der Waals surface area contributed by atoms with Crippen molar-refractivity contribution in [2.45, 2.75) is 18.7 Å². The summed E-state index contributed by atoms with van der Waals surface area (Å²) in [4.78, 5) is 10.6. The SMILES string of the molecule is C[C@@H](NS(=O)(=O)Cc1ccc(Cl)cc1Br)C(=O)O. The van der Waals surface area contributed by atoms with Gasteiger partial charge in [-0.1, -0.05) is 33.6 Å². The van der Waals surface area contributed by atoms with E-state index in [2.05, 4.69) is 20.7 Å². The summed E-state index contributed by atoms with van der Waals surface area (Å²) in [5, 5.41) is 9.13. The van der Waals surface area contributed by atoms with Crippen molar-refractivity contribution in [3.8, 4) is 0 Å². The zero-order valence-corrected chi connectivity index (χ0v) is 12.5. The summed E-state index contributed by atoms with van der Waals surface area (Å²) in [7, 11) is -3.72. The van der Waals surface area contributed by atoms with Crippen molar-refractivity contribution in [1.29, 1.82) is 0 Å². The number of carbonyl (C=O) groups is 1. The first-order valence-electron chi connectivity index (χ1n) is 4.88. The third kappa shape index (κ3) is 4.56. The van der Waals surface area contributed by atoms with Gasteiger partial charge in [0.05, 0.1) is 5.75 Å². The zero-order chi connectivity index (χ0) is 13.9. The maximum Gasteiger partial charge on any atom is 0.321 e. The molecular weight excluding hydrogens is 346 g/mol. The van der Waals surface area contributed by atoms with Gasteiger partial charge < -0.3 is 5.11 Å². The van der Waals surface area contributed by atoms with E-state index in [0.717, 1.165) is 0 Å². The molecule has 0 radical (unpaired) electrons. The molecule has 1 atom stereocenters. The molecule has 0 aromatic heterocycles. The highest BCUT2D eigenvalue weighted by Gasteiger charge is 2.20. The van der Waals surface area contributed by atoms with Crippen LogP contribution in [-0.2, 0) is 20.6 Å². The van der Waals surface area contributed by atoms with E-state index in [-0.39, 0.29) is 5.75 Å². The number of aliphatic carboxylic acids is 1. The highest BCUT2D eigenvalue weighted by atomic mass is 79.9. The zero-order valence-electron chi connectivity index (χ0n) is 9.35. The number of carboxylic acid groups (broad SMARTS) is 1. The van der Waals surface area contributed by atoms with Crippen molar-refractivity contribution < 1.29 is 18.3 Å². The molecule has 8 heteroatoms. The molecule has 5 nitrogen and oxygen atoms in total. The Morgan fingerprint density at radius 1 is 1.56 bits per heavy atom. The van der Waals surface area contributed by atoms with E-state index in [1.807, 2.05) is 0 Å². The monoisotopic (exact) mass is 355 g/mol. The van der Waals surface area contributed by atoms with Crippen molar-refractivity contribution >= 4 is 43.5 Å². The van der Waals surface area contributed by atoms with Crippen LogP contribution in [0.25, 0.3) is 0 Å². The van der Waals surface area contributed by atoms with E-state index >= 15 is 0 Å². The second kappa shape index (κ2) is 6.01. The molecule has 100 valence electrons. The lowest BCUT2D eigenvalue weighted by Gasteiger charge is -2.11. The Kier molecular flexibility index (Phi) is 5.15. The number of rotatable bonds is 5. The summed E-state index contributed by atoms with van der Waals surface area (Å²) < 4.78 is 26.1. The van der Waals surface area contributed by atoms with Crippen LogP contribution in [0.3, 0.4) is 0 Å². The normalized spacial score (nSPS) is 13.3. The van der Waals surface area contributed by atoms with Gasteiger partial charge in [-0.25, -0.2) is 13.1 Å². The van der Waals surface area contributed by atoms with E-state index in [9.17, 15) is 13.2 Å². The number of hydrogen-bond donors (Lipinski definition) is 2. The van der Waals surface area contributed by atoms with Gasteiger partial charge >= 0.3 is 5.97 Å². The third-order valence-electron chi connectivity index (χ3n) is 2.09. The van der Waals surface area contributed by atoms with E-state index in [1.165, 1.54) is 6.92 Å². The van der Waals surface area contributed by atoms with Gasteiger partial charge in [0.15, 0.2) is 0 Å². The van der Waals surface area contributed by atoms with Crippen LogP contribution in [0.5, 0.6) is 0 Å². The molecule has 1 rings (SSSR count). The lowest BCUT2D eigenvalue weighted by atomic mass is 10.2. The third-order valence-corrected chi connectivity index (χ3v) is 4.46. The molecule has 0 spiro atoms. The van der Waals surface area contributed by atoms with E-state index in [4.69, 9.17) is 16.7 Å². The molecule has 1 aromatic carbocycles. The maximum atomic E-state index is 11.7. The predicted octanol–water partition coefficient (Wildman–Crippen LogP) is 2.00. The number of nitrogens with one attached hydrogen (secondary N) is 1. The fourth-order valence-electron chi connectivity index (χ4n) is 1.20. The van der Waals surface area contributed by atoms with Gasteiger partial charge in [-0.15, -0.1) is 0 Å². The fourth-order valence-corrected chi connectivity index (χ4v) is 3.60. The fraction of sp³-hybridized carbons (Fsp3) is 0.300. The first kappa shape index (κ1) is 15.4. The van der Waals surface area contributed by atoms with Crippen LogP contribution in [0.2, 0.25) is 5.02 Å². The van der Waals surface area contributed by atoms with Gasteiger partial charge in [0.2, 0.25) is 10.0 Å². The summed E-state index contributed by atoms with van der Waals surface area (Å²) in [5.74, 6) is -1.55. The smallest absolute Gasteiger partial charge is 0.321 e.